The molecule has 0 saturated heterocycles. The second-order valence-corrected chi connectivity index (χ2v) is 4.74. The van der Waals surface area contributed by atoms with Gasteiger partial charge in [0.25, 0.3) is 5.91 Å². The van der Waals surface area contributed by atoms with Crippen LogP contribution in [0.1, 0.15) is 36.0 Å². The predicted octanol–water partition coefficient (Wildman–Crippen LogP) is 1.46. The predicted molar refractivity (Wildman–Crippen MR) is 68.8 cm³/mol. The minimum Gasteiger partial charge on any atom is -0.369 e. The van der Waals surface area contributed by atoms with Gasteiger partial charge in [-0.2, -0.15) is 0 Å². The average Bonchev–Trinajstić information content (AvgIpc) is 2.40. The van der Waals surface area contributed by atoms with Crippen LogP contribution in [0.2, 0.25) is 0 Å². The summed E-state index contributed by atoms with van der Waals surface area (Å²) in [5.41, 5.74) is 6.00. The molecule has 1 aliphatic carbocycles. The van der Waals surface area contributed by atoms with Crippen LogP contribution in [-0.2, 0) is 4.79 Å². The van der Waals surface area contributed by atoms with E-state index in [1.54, 1.807) is 12.1 Å². The summed E-state index contributed by atoms with van der Waals surface area (Å²) in [7, 11) is 0. The van der Waals surface area contributed by atoms with E-state index in [-0.39, 0.29) is 23.8 Å². The molecule has 0 spiro atoms. The number of rotatable bonds is 3. The van der Waals surface area contributed by atoms with Crippen molar-refractivity contribution >= 4 is 11.8 Å². The molecule has 1 aromatic rings. The maximum Gasteiger partial charge on any atom is 0.251 e. The zero-order valence-electron chi connectivity index (χ0n) is 10.3. The summed E-state index contributed by atoms with van der Waals surface area (Å²) < 4.78 is 0. The molecule has 3 N–H and O–H groups in total. The summed E-state index contributed by atoms with van der Waals surface area (Å²) in [6.07, 6.45) is 3.64. The highest BCUT2D eigenvalue weighted by Gasteiger charge is 2.30. The Hall–Kier alpha value is -1.84. The lowest BCUT2D eigenvalue weighted by Crippen LogP contribution is -2.47. The molecule has 4 heteroatoms. The van der Waals surface area contributed by atoms with E-state index < -0.39 is 0 Å². The standard InChI is InChI=1S/C14H18N2O2/c15-13(17)11-8-4-5-9-12(11)16-14(18)10-6-2-1-3-7-10/h1-3,6-7,11-12H,4-5,8-9H2,(H2,15,17)(H,16,18)/t11-,12+/m1/s1. The van der Waals surface area contributed by atoms with Gasteiger partial charge in [-0.05, 0) is 25.0 Å². The van der Waals surface area contributed by atoms with E-state index in [0.29, 0.717) is 5.56 Å². The van der Waals surface area contributed by atoms with E-state index >= 15 is 0 Å². The van der Waals surface area contributed by atoms with Gasteiger partial charge in [-0.3, -0.25) is 9.59 Å². The molecule has 1 aliphatic rings. The molecule has 0 heterocycles. The van der Waals surface area contributed by atoms with Gasteiger partial charge in [0.05, 0.1) is 5.92 Å². The third kappa shape index (κ3) is 2.88. The molecule has 0 aliphatic heterocycles. The quantitative estimate of drug-likeness (QED) is 0.847. The number of nitrogens with two attached hydrogens (primary N) is 1. The summed E-state index contributed by atoms with van der Waals surface area (Å²) in [6, 6.07) is 8.91. The zero-order valence-corrected chi connectivity index (χ0v) is 10.3. The molecule has 2 rings (SSSR count). The van der Waals surface area contributed by atoms with Crippen molar-refractivity contribution in [3.63, 3.8) is 0 Å². The molecule has 1 fully saturated rings. The van der Waals surface area contributed by atoms with Gasteiger partial charge < -0.3 is 11.1 Å². The first-order chi connectivity index (χ1) is 8.68. The number of benzene rings is 1. The molecule has 1 saturated carbocycles. The van der Waals surface area contributed by atoms with Crippen molar-refractivity contribution < 1.29 is 9.59 Å². The van der Waals surface area contributed by atoms with Crippen molar-refractivity contribution in [2.75, 3.05) is 0 Å². The van der Waals surface area contributed by atoms with Crippen molar-refractivity contribution in [3.05, 3.63) is 35.9 Å². The lowest BCUT2D eigenvalue weighted by Gasteiger charge is -2.29. The first kappa shape index (κ1) is 12.6. The largest absolute Gasteiger partial charge is 0.369 e. The molecule has 96 valence electrons. The summed E-state index contributed by atoms with van der Waals surface area (Å²) in [4.78, 5) is 23.4. The normalized spacial score (nSPS) is 23.3. The topological polar surface area (TPSA) is 72.2 Å². The van der Waals surface area contributed by atoms with Crippen LogP contribution in [0, 0.1) is 5.92 Å². The van der Waals surface area contributed by atoms with Gasteiger partial charge in [-0.1, -0.05) is 31.0 Å². The fourth-order valence-corrected chi connectivity index (χ4v) is 2.49. The van der Waals surface area contributed by atoms with E-state index in [1.165, 1.54) is 0 Å². The highest BCUT2D eigenvalue weighted by atomic mass is 16.2. The molecule has 0 radical (unpaired) electrons. The van der Waals surface area contributed by atoms with Gasteiger partial charge in [0, 0.05) is 11.6 Å². The zero-order chi connectivity index (χ0) is 13.0. The van der Waals surface area contributed by atoms with E-state index in [1.807, 2.05) is 18.2 Å². The van der Waals surface area contributed by atoms with Crippen LogP contribution in [-0.4, -0.2) is 17.9 Å². The minimum atomic E-state index is -0.312. The van der Waals surface area contributed by atoms with Crippen molar-refractivity contribution in [1.82, 2.24) is 5.32 Å². The Bertz CT molecular complexity index is 431. The van der Waals surface area contributed by atoms with Crippen molar-refractivity contribution in [2.24, 2.45) is 11.7 Å². The maximum atomic E-state index is 12.0. The average molecular weight is 246 g/mol. The van der Waals surface area contributed by atoms with Crippen molar-refractivity contribution in [2.45, 2.75) is 31.7 Å². The smallest absolute Gasteiger partial charge is 0.251 e. The van der Waals surface area contributed by atoms with Crippen LogP contribution in [0.25, 0.3) is 0 Å². The maximum absolute atomic E-state index is 12.0. The van der Waals surface area contributed by atoms with Gasteiger partial charge in [-0.25, -0.2) is 0 Å². The fourth-order valence-electron chi connectivity index (χ4n) is 2.49. The lowest BCUT2D eigenvalue weighted by molar-refractivity contribution is -0.123. The number of amides is 2. The van der Waals surface area contributed by atoms with Crippen LogP contribution in [0.5, 0.6) is 0 Å². The van der Waals surface area contributed by atoms with E-state index in [2.05, 4.69) is 5.32 Å². The molecular weight excluding hydrogens is 228 g/mol. The van der Waals surface area contributed by atoms with E-state index in [0.717, 1.165) is 25.7 Å². The monoisotopic (exact) mass is 246 g/mol. The van der Waals surface area contributed by atoms with E-state index in [4.69, 9.17) is 5.73 Å². The van der Waals surface area contributed by atoms with Gasteiger partial charge in [-0.15, -0.1) is 0 Å². The Morgan fingerprint density at radius 3 is 2.44 bits per heavy atom. The second-order valence-electron chi connectivity index (χ2n) is 4.74. The van der Waals surface area contributed by atoms with Crippen LogP contribution in [0.3, 0.4) is 0 Å². The summed E-state index contributed by atoms with van der Waals surface area (Å²) in [5, 5.41) is 2.93. The highest BCUT2D eigenvalue weighted by Crippen LogP contribution is 2.24. The fraction of sp³-hybridized carbons (Fsp3) is 0.429. The Balaban J connectivity index is 2.03. The SMILES string of the molecule is NC(=O)[C@@H]1CCCC[C@@H]1NC(=O)c1ccccc1. The number of hydrogen-bond acceptors (Lipinski definition) is 2. The van der Waals surface area contributed by atoms with Gasteiger partial charge in [0.2, 0.25) is 5.91 Å². The first-order valence-corrected chi connectivity index (χ1v) is 6.33. The Morgan fingerprint density at radius 1 is 1.11 bits per heavy atom. The molecule has 0 bridgehead atoms. The van der Waals surface area contributed by atoms with Crippen molar-refractivity contribution in [3.8, 4) is 0 Å². The molecule has 18 heavy (non-hydrogen) atoms. The summed E-state index contributed by atoms with van der Waals surface area (Å²) in [5.74, 6) is -0.673. The molecule has 2 amide bonds. The minimum absolute atomic E-state index is 0.121. The second kappa shape index (κ2) is 5.67. The van der Waals surface area contributed by atoms with Gasteiger partial charge in [0.15, 0.2) is 0 Å². The van der Waals surface area contributed by atoms with Crippen molar-refractivity contribution in [1.29, 1.82) is 0 Å². The number of hydrogen-bond donors (Lipinski definition) is 2. The number of carbonyl (C=O) groups is 2. The lowest BCUT2D eigenvalue weighted by atomic mass is 9.84. The highest BCUT2D eigenvalue weighted by molar-refractivity contribution is 5.94. The third-order valence-electron chi connectivity index (χ3n) is 3.48. The first-order valence-electron chi connectivity index (χ1n) is 6.33. The van der Waals surface area contributed by atoms with Gasteiger partial charge in [0.1, 0.15) is 0 Å². The van der Waals surface area contributed by atoms with Crippen LogP contribution < -0.4 is 11.1 Å². The Kier molecular flexibility index (Phi) is 3.97. The Morgan fingerprint density at radius 2 is 1.78 bits per heavy atom. The summed E-state index contributed by atoms with van der Waals surface area (Å²) in [6.45, 7) is 0. The molecule has 0 unspecified atom stereocenters. The number of primary amides is 1. The molecule has 2 atom stereocenters. The molecular formula is C14H18N2O2. The van der Waals surface area contributed by atoms with Crippen LogP contribution in [0.4, 0.5) is 0 Å². The van der Waals surface area contributed by atoms with Crippen LogP contribution in [0.15, 0.2) is 30.3 Å². The third-order valence-corrected chi connectivity index (χ3v) is 3.48. The number of carbonyl (C=O) groups excluding carboxylic acids is 2. The van der Waals surface area contributed by atoms with Crippen LogP contribution >= 0.6 is 0 Å². The molecule has 1 aromatic carbocycles. The molecule has 0 aromatic heterocycles. The van der Waals surface area contributed by atoms with E-state index in [9.17, 15) is 9.59 Å². The Labute approximate surface area is 107 Å². The van der Waals surface area contributed by atoms with Gasteiger partial charge >= 0.3 is 0 Å². The number of nitrogens with one attached hydrogen (secondary N) is 1. The molecule has 4 nitrogen and oxygen atoms in total. The summed E-state index contributed by atoms with van der Waals surface area (Å²) >= 11 is 0.